The summed E-state index contributed by atoms with van der Waals surface area (Å²) in [5.74, 6) is -0.109. The van der Waals surface area contributed by atoms with Gasteiger partial charge in [0.05, 0.1) is 10.2 Å². The smallest absolute Gasteiger partial charge is 0.268 e. The maximum Gasteiger partial charge on any atom is 0.268 e. The molecule has 0 spiro atoms. The Morgan fingerprint density at radius 3 is 2.78 bits per heavy atom. The zero-order valence-corrected chi connectivity index (χ0v) is 15.6. The Kier molecular flexibility index (Phi) is 4.87. The number of carbonyl (C=O) groups is 1. The molecule has 5 nitrogen and oxygen atoms in total. The van der Waals surface area contributed by atoms with Crippen molar-refractivity contribution in [3.63, 3.8) is 0 Å². The average molecular weight is 441 g/mol. The van der Waals surface area contributed by atoms with Crippen LogP contribution in [0.3, 0.4) is 0 Å². The summed E-state index contributed by atoms with van der Waals surface area (Å²) in [5, 5.41) is 7.17. The summed E-state index contributed by atoms with van der Waals surface area (Å²) >= 11 is 7.03. The van der Waals surface area contributed by atoms with Crippen LogP contribution in [0.4, 0.5) is 0 Å². The number of benzene rings is 1. The molecule has 0 aliphatic carbocycles. The number of nitrogens with one attached hydrogen (secondary N) is 1. The number of fused-ring (bicyclic) bond motifs is 1. The molecule has 23 heavy (non-hydrogen) atoms. The summed E-state index contributed by atoms with van der Waals surface area (Å²) < 4.78 is 3.41. The van der Waals surface area contributed by atoms with Crippen molar-refractivity contribution >= 4 is 43.5 Å². The number of oxime groups is 1. The molecule has 0 atom stereocenters. The lowest BCUT2D eigenvalue weighted by molar-refractivity contribution is 0.0948. The normalized spacial score (nSPS) is 16.0. The van der Waals surface area contributed by atoms with Gasteiger partial charge in [-0.05, 0) is 37.4 Å². The van der Waals surface area contributed by atoms with Crippen LogP contribution in [0.2, 0.25) is 0 Å². The van der Waals surface area contributed by atoms with Gasteiger partial charge in [-0.15, -0.1) is 0 Å². The number of nitrogens with zero attached hydrogens (tertiary/aromatic N) is 2. The van der Waals surface area contributed by atoms with E-state index in [1.807, 2.05) is 37.4 Å². The summed E-state index contributed by atoms with van der Waals surface area (Å²) in [6, 6.07) is 9.85. The lowest BCUT2D eigenvalue weighted by Crippen LogP contribution is -2.24. The molecule has 3 rings (SSSR count). The third-order valence-electron chi connectivity index (χ3n) is 3.67. The number of halogens is 2. The van der Waals surface area contributed by atoms with E-state index in [0.29, 0.717) is 25.3 Å². The highest BCUT2D eigenvalue weighted by atomic mass is 79.9. The molecule has 1 aromatic heterocycles. The number of aromatic nitrogens is 1. The molecule has 1 amide bonds. The molecule has 1 aromatic carbocycles. The first-order valence-electron chi connectivity index (χ1n) is 7.14. The Hall–Kier alpha value is -1.60. The second-order valence-electron chi connectivity index (χ2n) is 5.19. The highest BCUT2D eigenvalue weighted by Gasteiger charge is 2.29. The largest absolute Gasteiger partial charge is 0.391 e. The summed E-state index contributed by atoms with van der Waals surface area (Å²) in [5.41, 5.74) is 3.15. The van der Waals surface area contributed by atoms with Gasteiger partial charge in [0.1, 0.15) is 16.9 Å². The van der Waals surface area contributed by atoms with Crippen LogP contribution in [0.15, 0.2) is 44.6 Å². The second-order valence-corrected chi connectivity index (χ2v) is 6.73. The third-order valence-corrected chi connectivity index (χ3v) is 5.90. The van der Waals surface area contributed by atoms with Gasteiger partial charge in [-0.25, -0.2) is 0 Å². The number of hydrogen-bond acceptors (Lipinski definition) is 3. The molecule has 120 valence electrons. The van der Waals surface area contributed by atoms with Gasteiger partial charge in [0.15, 0.2) is 0 Å². The predicted octanol–water partition coefficient (Wildman–Crippen LogP) is 3.60. The Morgan fingerprint density at radius 1 is 1.30 bits per heavy atom. The van der Waals surface area contributed by atoms with Crippen LogP contribution in [0.1, 0.15) is 28.0 Å². The minimum Gasteiger partial charge on any atom is -0.391 e. The fourth-order valence-electron chi connectivity index (χ4n) is 2.50. The van der Waals surface area contributed by atoms with E-state index in [9.17, 15) is 4.79 Å². The van der Waals surface area contributed by atoms with E-state index in [1.165, 1.54) is 0 Å². The molecule has 0 saturated heterocycles. The molecule has 1 N–H and O–H groups in total. The quantitative estimate of drug-likeness (QED) is 0.741. The van der Waals surface area contributed by atoms with Crippen LogP contribution in [-0.2, 0) is 18.5 Å². The number of rotatable bonds is 3. The number of hydrogen-bond donors (Lipinski definition) is 1. The van der Waals surface area contributed by atoms with Gasteiger partial charge in [-0.2, -0.15) is 0 Å². The Labute approximate surface area is 151 Å². The first kappa shape index (κ1) is 16.3. The average Bonchev–Trinajstić information content (AvgIpc) is 2.70. The van der Waals surface area contributed by atoms with E-state index in [0.717, 1.165) is 25.9 Å². The van der Waals surface area contributed by atoms with Crippen LogP contribution >= 0.6 is 31.9 Å². The molecule has 2 aromatic rings. The molecule has 1 aliphatic heterocycles. The van der Waals surface area contributed by atoms with E-state index in [-0.39, 0.29) is 5.91 Å². The van der Waals surface area contributed by atoms with E-state index in [2.05, 4.69) is 42.3 Å². The molecule has 2 heterocycles. The lowest BCUT2D eigenvalue weighted by atomic mass is 10.1. The second kappa shape index (κ2) is 6.88. The summed E-state index contributed by atoms with van der Waals surface area (Å²) in [6.45, 7) is 0.928. The van der Waals surface area contributed by atoms with Crippen LogP contribution in [0.25, 0.3) is 0 Å². The molecular weight excluding hydrogens is 426 g/mol. The first-order valence-corrected chi connectivity index (χ1v) is 8.73. The molecule has 0 unspecified atom stereocenters. The Balaban J connectivity index is 1.91. The third kappa shape index (κ3) is 3.21. The lowest BCUT2D eigenvalue weighted by Gasteiger charge is -2.05. The predicted molar refractivity (Wildman–Crippen MR) is 95.5 cm³/mol. The van der Waals surface area contributed by atoms with Crippen LogP contribution in [-0.4, -0.2) is 22.7 Å². The van der Waals surface area contributed by atoms with Gasteiger partial charge < -0.3 is 14.7 Å². The zero-order chi connectivity index (χ0) is 16.4. The highest BCUT2D eigenvalue weighted by Crippen LogP contribution is 2.34. The molecule has 0 saturated carbocycles. The van der Waals surface area contributed by atoms with Gasteiger partial charge in [0, 0.05) is 25.6 Å². The van der Waals surface area contributed by atoms with Crippen molar-refractivity contribution in [3.05, 3.63) is 56.2 Å². The summed E-state index contributed by atoms with van der Waals surface area (Å²) in [6.07, 6.45) is 0.614. The monoisotopic (exact) mass is 439 g/mol. The van der Waals surface area contributed by atoms with E-state index >= 15 is 0 Å². The Morgan fingerprint density at radius 2 is 2.04 bits per heavy atom. The van der Waals surface area contributed by atoms with Gasteiger partial charge in [-0.3, -0.25) is 4.79 Å². The standard InChI is InChI=1S/C16H15Br2N3O2/c1-21-14-12(13(17)15(21)18)11(7-8-19-16(14)22)20-23-9-10-5-3-2-4-6-10/h2-6H,7-9H2,1H3,(H,19,22)/b20-11+. The van der Waals surface area contributed by atoms with Crippen LogP contribution in [0.5, 0.6) is 0 Å². The zero-order valence-electron chi connectivity index (χ0n) is 12.5. The number of amides is 1. The van der Waals surface area contributed by atoms with E-state index < -0.39 is 0 Å². The fraction of sp³-hybridized carbons (Fsp3) is 0.250. The first-order chi connectivity index (χ1) is 11.1. The van der Waals surface area contributed by atoms with Crippen molar-refractivity contribution in [2.75, 3.05) is 6.54 Å². The van der Waals surface area contributed by atoms with Gasteiger partial charge in [0.25, 0.3) is 5.91 Å². The van der Waals surface area contributed by atoms with Crippen LogP contribution < -0.4 is 5.32 Å². The van der Waals surface area contributed by atoms with Crippen molar-refractivity contribution in [3.8, 4) is 0 Å². The summed E-state index contributed by atoms with van der Waals surface area (Å²) in [7, 11) is 1.83. The fourth-order valence-corrected chi connectivity index (χ4v) is 3.56. The molecule has 7 heteroatoms. The molecule has 0 bridgehead atoms. The Bertz CT molecular complexity index is 769. The maximum absolute atomic E-state index is 12.3. The van der Waals surface area contributed by atoms with Crippen LogP contribution in [0, 0.1) is 0 Å². The minimum absolute atomic E-state index is 0.109. The minimum atomic E-state index is -0.109. The van der Waals surface area contributed by atoms with Crippen molar-refractivity contribution in [1.82, 2.24) is 9.88 Å². The van der Waals surface area contributed by atoms with Gasteiger partial charge >= 0.3 is 0 Å². The van der Waals surface area contributed by atoms with Gasteiger partial charge in [-0.1, -0.05) is 35.5 Å². The van der Waals surface area contributed by atoms with E-state index in [1.54, 1.807) is 4.57 Å². The SMILES string of the molecule is Cn1c(Br)c(Br)c2c1C(=O)NCC/C2=N\OCc1ccccc1. The molecule has 0 fully saturated rings. The topological polar surface area (TPSA) is 55.6 Å². The van der Waals surface area contributed by atoms with Crippen molar-refractivity contribution in [1.29, 1.82) is 0 Å². The number of carbonyl (C=O) groups excluding carboxylic acids is 1. The maximum atomic E-state index is 12.3. The summed E-state index contributed by atoms with van der Waals surface area (Å²) in [4.78, 5) is 17.8. The van der Waals surface area contributed by atoms with E-state index in [4.69, 9.17) is 4.84 Å². The molecular formula is C16H15Br2N3O2. The molecule has 0 radical (unpaired) electrons. The molecule has 1 aliphatic rings. The van der Waals surface area contributed by atoms with Crippen molar-refractivity contribution < 1.29 is 9.63 Å². The highest BCUT2D eigenvalue weighted by molar-refractivity contribution is 9.13. The van der Waals surface area contributed by atoms with Crippen molar-refractivity contribution in [2.45, 2.75) is 13.0 Å². The van der Waals surface area contributed by atoms with Crippen molar-refractivity contribution in [2.24, 2.45) is 12.2 Å². The van der Waals surface area contributed by atoms with Gasteiger partial charge in [0.2, 0.25) is 0 Å².